The second kappa shape index (κ2) is 5.48. The Balaban J connectivity index is 1.99. The quantitative estimate of drug-likeness (QED) is 0.942. The van der Waals surface area contributed by atoms with Gasteiger partial charge >= 0.3 is 5.97 Å². The van der Waals surface area contributed by atoms with Gasteiger partial charge in [0.05, 0.1) is 11.0 Å². The van der Waals surface area contributed by atoms with Crippen LogP contribution in [0, 0.1) is 5.92 Å². The van der Waals surface area contributed by atoms with E-state index in [1.54, 1.807) is 6.07 Å². The van der Waals surface area contributed by atoms with Gasteiger partial charge in [0, 0.05) is 26.3 Å². The zero-order valence-corrected chi connectivity index (χ0v) is 12.5. The monoisotopic (exact) mass is 287 g/mol. The number of hydrogen-bond donors (Lipinski definition) is 1. The molecule has 1 atom stereocenters. The van der Waals surface area contributed by atoms with Gasteiger partial charge in [0.1, 0.15) is 5.69 Å². The standard InChI is InChI=1S/C16H21N3O2/c1-11-4-3-6-19(9-11)10-12-8-14(16(20)21)17-13-5-7-18(2)15(12)13/h5,7-8,11H,3-4,6,9-10H2,1-2H3,(H,20,21)/t11-/m0/s1. The van der Waals surface area contributed by atoms with Gasteiger partial charge in [0.25, 0.3) is 0 Å². The Bertz CT molecular complexity index is 677. The van der Waals surface area contributed by atoms with Gasteiger partial charge in [0.2, 0.25) is 0 Å². The lowest BCUT2D eigenvalue weighted by Crippen LogP contribution is -2.33. The van der Waals surface area contributed by atoms with E-state index in [1.165, 1.54) is 12.8 Å². The summed E-state index contributed by atoms with van der Waals surface area (Å²) >= 11 is 0. The van der Waals surface area contributed by atoms with Crippen LogP contribution in [-0.2, 0) is 13.6 Å². The summed E-state index contributed by atoms with van der Waals surface area (Å²) in [6.45, 7) is 5.23. The first kappa shape index (κ1) is 14.1. The Kier molecular flexibility index (Phi) is 3.68. The van der Waals surface area contributed by atoms with E-state index in [4.69, 9.17) is 0 Å². The predicted molar refractivity (Wildman–Crippen MR) is 81.3 cm³/mol. The van der Waals surface area contributed by atoms with Gasteiger partial charge in [-0.15, -0.1) is 0 Å². The zero-order chi connectivity index (χ0) is 15.0. The Morgan fingerprint density at radius 3 is 3.05 bits per heavy atom. The molecule has 5 nitrogen and oxygen atoms in total. The van der Waals surface area contributed by atoms with Crippen molar-refractivity contribution in [2.75, 3.05) is 13.1 Å². The van der Waals surface area contributed by atoms with Crippen molar-refractivity contribution in [3.05, 3.63) is 29.6 Å². The van der Waals surface area contributed by atoms with E-state index in [0.717, 1.165) is 36.2 Å². The molecule has 2 aromatic heterocycles. The molecule has 1 aliphatic rings. The first-order chi connectivity index (χ1) is 10.0. The van der Waals surface area contributed by atoms with Gasteiger partial charge in [-0.25, -0.2) is 9.78 Å². The summed E-state index contributed by atoms with van der Waals surface area (Å²) in [5.74, 6) is -0.252. The van der Waals surface area contributed by atoms with Gasteiger partial charge in [-0.1, -0.05) is 6.92 Å². The summed E-state index contributed by atoms with van der Waals surface area (Å²) in [4.78, 5) is 17.9. The molecule has 21 heavy (non-hydrogen) atoms. The lowest BCUT2D eigenvalue weighted by molar-refractivity contribution is 0.0690. The highest BCUT2D eigenvalue weighted by Gasteiger charge is 2.19. The number of carboxylic acid groups (broad SMARTS) is 1. The number of carbonyl (C=O) groups is 1. The number of rotatable bonds is 3. The van der Waals surface area contributed by atoms with Crippen LogP contribution >= 0.6 is 0 Å². The third-order valence-electron chi connectivity index (χ3n) is 4.26. The Hall–Kier alpha value is -1.88. The summed E-state index contributed by atoms with van der Waals surface area (Å²) < 4.78 is 2.02. The van der Waals surface area contributed by atoms with Crippen LogP contribution in [-0.4, -0.2) is 38.6 Å². The van der Waals surface area contributed by atoms with Gasteiger partial charge in [-0.3, -0.25) is 4.90 Å². The van der Waals surface area contributed by atoms with Gasteiger partial charge in [-0.05, 0) is 43.0 Å². The maximum atomic E-state index is 11.3. The Morgan fingerprint density at radius 1 is 1.52 bits per heavy atom. The van der Waals surface area contributed by atoms with Crippen molar-refractivity contribution in [2.45, 2.75) is 26.3 Å². The Morgan fingerprint density at radius 2 is 2.33 bits per heavy atom. The van der Waals surface area contributed by atoms with Crippen LogP contribution in [0.4, 0.5) is 0 Å². The van der Waals surface area contributed by atoms with Crippen LogP contribution < -0.4 is 0 Å². The second-order valence-electron chi connectivity index (χ2n) is 6.11. The minimum Gasteiger partial charge on any atom is -0.477 e. The Labute approximate surface area is 124 Å². The molecule has 1 saturated heterocycles. The second-order valence-corrected chi connectivity index (χ2v) is 6.11. The number of aryl methyl sites for hydroxylation is 1. The molecule has 2 aromatic rings. The van der Waals surface area contributed by atoms with E-state index in [-0.39, 0.29) is 5.69 Å². The zero-order valence-electron chi connectivity index (χ0n) is 12.5. The third kappa shape index (κ3) is 2.78. The summed E-state index contributed by atoms with van der Waals surface area (Å²) in [5, 5.41) is 9.24. The lowest BCUT2D eigenvalue weighted by atomic mass is 9.99. The average Bonchev–Trinajstić information content (AvgIpc) is 2.80. The molecule has 5 heteroatoms. The first-order valence-electron chi connectivity index (χ1n) is 7.45. The highest BCUT2D eigenvalue weighted by molar-refractivity contribution is 5.90. The summed E-state index contributed by atoms with van der Waals surface area (Å²) in [5.41, 5.74) is 2.99. The maximum Gasteiger partial charge on any atom is 0.354 e. The number of aromatic nitrogens is 2. The van der Waals surface area contributed by atoms with Gasteiger partial charge in [-0.2, -0.15) is 0 Å². The highest BCUT2D eigenvalue weighted by atomic mass is 16.4. The number of piperidine rings is 1. The van der Waals surface area contributed by atoms with Crippen molar-refractivity contribution >= 4 is 17.0 Å². The number of aromatic carboxylic acids is 1. The van der Waals surface area contributed by atoms with Crippen molar-refractivity contribution in [3.8, 4) is 0 Å². The lowest BCUT2D eigenvalue weighted by Gasteiger charge is -2.31. The molecule has 0 saturated carbocycles. The molecule has 0 unspecified atom stereocenters. The van der Waals surface area contributed by atoms with E-state index in [9.17, 15) is 9.90 Å². The van der Waals surface area contributed by atoms with Crippen molar-refractivity contribution in [3.63, 3.8) is 0 Å². The van der Waals surface area contributed by atoms with E-state index in [0.29, 0.717) is 5.92 Å². The third-order valence-corrected chi connectivity index (χ3v) is 4.26. The fraction of sp³-hybridized carbons (Fsp3) is 0.500. The van der Waals surface area contributed by atoms with Crippen LogP contribution in [0.1, 0.15) is 35.8 Å². The smallest absolute Gasteiger partial charge is 0.354 e. The molecule has 0 aliphatic carbocycles. The maximum absolute atomic E-state index is 11.3. The molecule has 1 N–H and O–H groups in total. The number of carboxylic acids is 1. The van der Waals surface area contributed by atoms with Crippen LogP contribution in [0.3, 0.4) is 0 Å². The molecule has 0 amide bonds. The van der Waals surface area contributed by atoms with Crippen LogP contribution in [0.25, 0.3) is 11.0 Å². The molecule has 112 valence electrons. The minimum atomic E-state index is -0.964. The SMILES string of the molecule is C[C@H]1CCCN(Cc2cc(C(=O)O)nc3ccn(C)c23)C1. The molecule has 1 aliphatic heterocycles. The minimum absolute atomic E-state index is 0.133. The number of fused-ring (bicyclic) bond motifs is 1. The van der Waals surface area contributed by atoms with Gasteiger partial charge < -0.3 is 9.67 Å². The van der Waals surface area contributed by atoms with Crippen LogP contribution in [0.5, 0.6) is 0 Å². The van der Waals surface area contributed by atoms with Crippen LogP contribution in [0.15, 0.2) is 18.3 Å². The first-order valence-corrected chi connectivity index (χ1v) is 7.45. The van der Waals surface area contributed by atoms with Crippen LogP contribution in [0.2, 0.25) is 0 Å². The topological polar surface area (TPSA) is 58.4 Å². The van der Waals surface area contributed by atoms with Gasteiger partial charge in [0.15, 0.2) is 0 Å². The van der Waals surface area contributed by atoms with E-state index in [1.807, 2.05) is 23.9 Å². The van der Waals surface area contributed by atoms with Crippen molar-refractivity contribution in [2.24, 2.45) is 13.0 Å². The van der Waals surface area contributed by atoms with E-state index < -0.39 is 5.97 Å². The molecular formula is C16H21N3O2. The number of likely N-dealkylation sites (tertiary alicyclic amines) is 1. The molecular weight excluding hydrogens is 266 g/mol. The highest BCUT2D eigenvalue weighted by Crippen LogP contribution is 2.23. The molecule has 0 bridgehead atoms. The van der Waals surface area contributed by atoms with Crippen molar-refractivity contribution < 1.29 is 9.90 Å². The van der Waals surface area contributed by atoms with Crippen molar-refractivity contribution in [1.82, 2.24) is 14.5 Å². The largest absolute Gasteiger partial charge is 0.477 e. The van der Waals surface area contributed by atoms with Crippen molar-refractivity contribution in [1.29, 1.82) is 0 Å². The number of pyridine rings is 1. The normalized spacial score (nSPS) is 20.0. The molecule has 0 radical (unpaired) electrons. The van der Waals surface area contributed by atoms with E-state index in [2.05, 4.69) is 16.8 Å². The number of hydrogen-bond acceptors (Lipinski definition) is 3. The molecule has 0 aromatic carbocycles. The average molecular weight is 287 g/mol. The molecule has 0 spiro atoms. The fourth-order valence-electron chi connectivity index (χ4n) is 3.29. The molecule has 3 heterocycles. The summed E-state index contributed by atoms with van der Waals surface area (Å²) in [6.07, 6.45) is 4.44. The molecule has 3 rings (SSSR count). The fourth-order valence-corrected chi connectivity index (χ4v) is 3.29. The number of nitrogens with zero attached hydrogens (tertiary/aromatic N) is 3. The summed E-state index contributed by atoms with van der Waals surface area (Å²) in [6, 6.07) is 3.61. The van der Waals surface area contributed by atoms with E-state index >= 15 is 0 Å². The summed E-state index contributed by atoms with van der Waals surface area (Å²) in [7, 11) is 1.98. The predicted octanol–water partition coefficient (Wildman–Crippen LogP) is 2.50. The molecule has 1 fully saturated rings.